The molecule has 0 unspecified atom stereocenters. The minimum Gasteiger partial charge on any atom is -0.306 e. The molecule has 0 saturated heterocycles. The highest BCUT2D eigenvalue weighted by atomic mass is 32.2. The molecule has 0 radical (unpaired) electrons. The minimum absolute atomic E-state index is 0.606. The maximum Gasteiger partial charge on any atom is 0.191 e. The van der Waals surface area contributed by atoms with Crippen LogP contribution in [-0.2, 0) is 12.3 Å². The molecule has 2 aromatic heterocycles. The SMILES string of the molecule is CCCn1nnnc1CSc1nncn1C1CC1. The van der Waals surface area contributed by atoms with Crippen molar-refractivity contribution >= 4 is 11.8 Å². The van der Waals surface area contributed by atoms with Gasteiger partial charge in [-0.25, -0.2) is 4.68 Å². The molecule has 0 amide bonds. The van der Waals surface area contributed by atoms with E-state index in [1.807, 2.05) is 11.0 Å². The topological polar surface area (TPSA) is 74.3 Å². The molecule has 0 bridgehead atoms. The van der Waals surface area contributed by atoms with Gasteiger partial charge >= 0.3 is 0 Å². The lowest BCUT2D eigenvalue weighted by atomic mass is 10.5. The summed E-state index contributed by atoms with van der Waals surface area (Å²) >= 11 is 1.65. The summed E-state index contributed by atoms with van der Waals surface area (Å²) in [6.45, 7) is 2.97. The second-order valence-corrected chi connectivity index (χ2v) is 5.30. The lowest BCUT2D eigenvalue weighted by Gasteiger charge is -2.04. The van der Waals surface area contributed by atoms with E-state index in [0.29, 0.717) is 6.04 Å². The van der Waals surface area contributed by atoms with Gasteiger partial charge in [0.05, 0.1) is 5.75 Å². The molecule has 96 valence electrons. The van der Waals surface area contributed by atoms with Gasteiger partial charge in [0.25, 0.3) is 0 Å². The van der Waals surface area contributed by atoms with E-state index in [4.69, 9.17) is 0 Å². The molecule has 1 aliphatic carbocycles. The average Bonchev–Trinajstić information content (AvgIpc) is 2.95. The molecule has 18 heavy (non-hydrogen) atoms. The summed E-state index contributed by atoms with van der Waals surface area (Å²) < 4.78 is 4.00. The number of thioether (sulfide) groups is 1. The lowest BCUT2D eigenvalue weighted by molar-refractivity contribution is 0.564. The number of hydrogen-bond donors (Lipinski definition) is 0. The molecule has 0 N–H and O–H groups in total. The van der Waals surface area contributed by atoms with Crippen LogP contribution in [0.5, 0.6) is 0 Å². The predicted octanol–water partition coefficient (Wildman–Crippen LogP) is 1.30. The van der Waals surface area contributed by atoms with Gasteiger partial charge in [0.15, 0.2) is 11.0 Å². The van der Waals surface area contributed by atoms with Gasteiger partial charge in [0.1, 0.15) is 6.33 Å². The lowest BCUT2D eigenvalue weighted by Crippen LogP contribution is -2.04. The summed E-state index contributed by atoms with van der Waals surface area (Å²) in [5, 5.41) is 20.8. The van der Waals surface area contributed by atoms with Crippen molar-refractivity contribution in [2.24, 2.45) is 0 Å². The van der Waals surface area contributed by atoms with Gasteiger partial charge in [-0.2, -0.15) is 0 Å². The maximum atomic E-state index is 4.15. The Balaban J connectivity index is 1.66. The van der Waals surface area contributed by atoms with Crippen molar-refractivity contribution in [1.82, 2.24) is 35.0 Å². The zero-order valence-corrected chi connectivity index (χ0v) is 11.0. The van der Waals surface area contributed by atoms with Gasteiger partial charge in [0.2, 0.25) is 0 Å². The van der Waals surface area contributed by atoms with Crippen LogP contribution in [0.3, 0.4) is 0 Å². The van der Waals surface area contributed by atoms with Gasteiger partial charge < -0.3 is 4.57 Å². The van der Waals surface area contributed by atoms with E-state index >= 15 is 0 Å². The molecule has 1 aliphatic rings. The minimum atomic E-state index is 0.606. The van der Waals surface area contributed by atoms with Crippen LogP contribution in [0.2, 0.25) is 0 Å². The van der Waals surface area contributed by atoms with Crippen molar-refractivity contribution in [3.8, 4) is 0 Å². The van der Waals surface area contributed by atoms with Gasteiger partial charge in [0, 0.05) is 12.6 Å². The quantitative estimate of drug-likeness (QED) is 0.733. The van der Waals surface area contributed by atoms with Crippen molar-refractivity contribution in [3.05, 3.63) is 12.2 Å². The summed E-state index contributed by atoms with van der Waals surface area (Å²) in [6.07, 6.45) is 5.31. The highest BCUT2D eigenvalue weighted by molar-refractivity contribution is 7.98. The van der Waals surface area contributed by atoms with E-state index in [1.54, 1.807) is 11.8 Å². The molecule has 7 nitrogen and oxygen atoms in total. The summed E-state index contributed by atoms with van der Waals surface area (Å²) in [5.74, 6) is 1.63. The first kappa shape index (κ1) is 11.6. The molecule has 2 heterocycles. The van der Waals surface area contributed by atoms with E-state index in [0.717, 1.165) is 29.7 Å². The van der Waals surface area contributed by atoms with Gasteiger partial charge in [-0.05, 0) is 29.7 Å². The second kappa shape index (κ2) is 5.05. The van der Waals surface area contributed by atoms with Crippen molar-refractivity contribution in [2.75, 3.05) is 0 Å². The van der Waals surface area contributed by atoms with E-state index in [1.165, 1.54) is 12.8 Å². The predicted molar refractivity (Wildman–Crippen MR) is 66.0 cm³/mol. The normalized spacial score (nSPS) is 15.2. The number of hydrogen-bond acceptors (Lipinski definition) is 6. The zero-order valence-electron chi connectivity index (χ0n) is 10.2. The molecule has 0 spiro atoms. The third-order valence-electron chi connectivity index (χ3n) is 2.85. The Bertz CT molecular complexity index is 516. The first-order valence-electron chi connectivity index (χ1n) is 6.16. The monoisotopic (exact) mass is 265 g/mol. The molecular formula is C10H15N7S. The van der Waals surface area contributed by atoms with Gasteiger partial charge in [-0.3, -0.25) is 0 Å². The van der Waals surface area contributed by atoms with E-state index in [-0.39, 0.29) is 0 Å². The summed E-state index contributed by atoms with van der Waals surface area (Å²) in [6, 6.07) is 0.606. The first-order chi connectivity index (χ1) is 8.88. The van der Waals surface area contributed by atoms with Crippen LogP contribution < -0.4 is 0 Å². The molecule has 1 saturated carbocycles. The highest BCUT2D eigenvalue weighted by Crippen LogP contribution is 2.37. The molecule has 3 rings (SSSR count). The Hall–Kier alpha value is -1.44. The van der Waals surface area contributed by atoms with E-state index in [2.05, 4.69) is 37.2 Å². The van der Waals surface area contributed by atoms with E-state index < -0.39 is 0 Å². The summed E-state index contributed by atoms with van der Waals surface area (Å²) in [7, 11) is 0. The Labute approximate surface area is 109 Å². The molecule has 0 aliphatic heterocycles. The standard InChI is InChI=1S/C10H15N7S/c1-2-5-17-9(12-14-15-17)6-18-10-13-11-7-16(10)8-3-4-8/h7-8H,2-6H2,1H3. The smallest absolute Gasteiger partial charge is 0.191 e. The van der Waals surface area contributed by atoms with Crippen LogP contribution in [-0.4, -0.2) is 35.0 Å². The van der Waals surface area contributed by atoms with Crippen LogP contribution in [0.1, 0.15) is 38.1 Å². The summed E-state index contributed by atoms with van der Waals surface area (Å²) in [4.78, 5) is 0. The largest absolute Gasteiger partial charge is 0.306 e. The zero-order chi connectivity index (χ0) is 12.4. The molecular weight excluding hydrogens is 250 g/mol. The fourth-order valence-corrected chi connectivity index (χ4v) is 2.69. The van der Waals surface area contributed by atoms with Crippen LogP contribution in [0, 0.1) is 0 Å². The highest BCUT2D eigenvalue weighted by Gasteiger charge is 2.26. The fraction of sp³-hybridized carbons (Fsp3) is 0.700. The Morgan fingerprint density at radius 1 is 1.39 bits per heavy atom. The summed E-state index contributed by atoms with van der Waals surface area (Å²) in [5.41, 5.74) is 0. The Morgan fingerprint density at radius 3 is 3.06 bits per heavy atom. The third kappa shape index (κ3) is 2.38. The van der Waals surface area contributed by atoms with Crippen LogP contribution >= 0.6 is 11.8 Å². The fourth-order valence-electron chi connectivity index (χ4n) is 1.78. The van der Waals surface area contributed by atoms with Crippen LogP contribution in [0.25, 0.3) is 0 Å². The van der Waals surface area contributed by atoms with Crippen molar-refractivity contribution in [2.45, 2.75) is 49.7 Å². The molecule has 0 aromatic carbocycles. The van der Waals surface area contributed by atoms with Gasteiger partial charge in [-0.15, -0.1) is 15.3 Å². The number of aromatic nitrogens is 7. The van der Waals surface area contributed by atoms with Crippen LogP contribution in [0.15, 0.2) is 11.5 Å². The maximum absolute atomic E-state index is 4.15. The van der Waals surface area contributed by atoms with Gasteiger partial charge in [-0.1, -0.05) is 18.7 Å². The second-order valence-electron chi connectivity index (χ2n) is 4.36. The Kier molecular flexibility index (Phi) is 3.26. The number of tetrazole rings is 1. The van der Waals surface area contributed by atoms with Crippen molar-refractivity contribution < 1.29 is 0 Å². The Morgan fingerprint density at radius 2 is 2.28 bits per heavy atom. The third-order valence-corrected chi connectivity index (χ3v) is 3.81. The average molecular weight is 265 g/mol. The molecule has 8 heteroatoms. The first-order valence-corrected chi connectivity index (χ1v) is 7.14. The molecule has 2 aromatic rings. The molecule has 1 fully saturated rings. The van der Waals surface area contributed by atoms with Crippen LogP contribution in [0.4, 0.5) is 0 Å². The number of rotatable bonds is 6. The van der Waals surface area contributed by atoms with E-state index in [9.17, 15) is 0 Å². The van der Waals surface area contributed by atoms with Crippen molar-refractivity contribution in [3.63, 3.8) is 0 Å². The molecule has 0 atom stereocenters. The number of nitrogens with zero attached hydrogens (tertiary/aromatic N) is 7. The van der Waals surface area contributed by atoms with Crippen molar-refractivity contribution in [1.29, 1.82) is 0 Å². The number of aryl methyl sites for hydroxylation is 1.